The van der Waals surface area contributed by atoms with Gasteiger partial charge in [-0.05, 0) is 24.3 Å². The summed E-state index contributed by atoms with van der Waals surface area (Å²) in [5.74, 6) is 2.02. The Labute approximate surface area is 116 Å². The van der Waals surface area contributed by atoms with Gasteiger partial charge >= 0.3 is 0 Å². The summed E-state index contributed by atoms with van der Waals surface area (Å²) in [6.07, 6.45) is 0.526. The molecule has 19 heavy (non-hydrogen) atoms. The van der Waals surface area contributed by atoms with Crippen LogP contribution in [0, 0.1) is 0 Å². The number of fused-ring (bicyclic) bond motifs is 1. The lowest BCUT2D eigenvalue weighted by molar-refractivity contribution is 0.132. The molecule has 0 aromatic heterocycles. The van der Waals surface area contributed by atoms with Crippen molar-refractivity contribution in [3.63, 3.8) is 0 Å². The molecule has 0 bridgehead atoms. The van der Waals surface area contributed by atoms with Crippen LogP contribution in [0.5, 0.6) is 17.2 Å². The summed E-state index contributed by atoms with van der Waals surface area (Å²) in [4.78, 5) is 0. The van der Waals surface area contributed by atoms with Crippen LogP contribution in [0.25, 0.3) is 0 Å². The largest absolute Gasteiger partial charge is 0.483 e. The van der Waals surface area contributed by atoms with E-state index in [1.807, 2.05) is 30.3 Å². The fourth-order valence-corrected chi connectivity index (χ4v) is 2.33. The van der Waals surface area contributed by atoms with Gasteiger partial charge in [0.05, 0.1) is 6.61 Å². The minimum atomic E-state index is -0.181. The van der Waals surface area contributed by atoms with Gasteiger partial charge in [-0.2, -0.15) is 0 Å². The van der Waals surface area contributed by atoms with Crippen molar-refractivity contribution in [3.05, 3.63) is 53.1 Å². The summed E-state index contributed by atoms with van der Waals surface area (Å²) in [6, 6.07) is 13.0. The van der Waals surface area contributed by atoms with Gasteiger partial charge in [0.2, 0.25) is 0 Å². The minimum absolute atomic E-state index is 0.00524. The Morgan fingerprint density at radius 2 is 2.11 bits per heavy atom. The number of benzene rings is 2. The highest BCUT2D eigenvalue weighted by Crippen LogP contribution is 2.40. The lowest BCUT2D eigenvalue weighted by Crippen LogP contribution is -2.17. The Balaban J connectivity index is 1.89. The van der Waals surface area contributed by atoms with Gasteiger partial charge in [-0.1, -0.05) is 29.8 Å². The van der Waals surface area contributed by atoms with E-state index in [0.29, 0.717) is 28.7 Å². The maximum atomic E-state index is 9.17. The first kappa shape index (κ1) is 12.3. The molecule has 2 aromatic rings. The SMILES string of the molecule is OCC1Cc2cccc(Oc3cccc(Cl)c3)c2O1. The van der Waals surface area contributed by atoms with Crippen molar-refractivity contribution >= 4 is 11.6 Å². The lowest BCUT2D eigenvalue weighted by Gasteiger charge is -2.11. The Hall–Kier alpha value is -1.71. The molecule has 3 rings (SSSR count). The zero-order valence-electron chi connectivity index (χ0n) is 10.2. The summed E-state index contributed by atoms with van der Waals surface area (Å²) in [5.41, 5.74) is 1.05. The smallest absolute Gasteiger partial charge is 0.169 e. The van der Waals surface area contributed by atoms with Crippen molar-refractivity contribution in [2.75, 3.05) is 6.61 Å². The first-order valence-corrected chi connectivity index (χ1v) is 6.47. The highest BCUT2D eigenvalue weighted by atomic mass is 35.5. The van der Waals surface area contributed by atoms with Gasteiger partial charge in [0, 0.05) is 17.0 Å². The van der Waals surface area contributed by atoms with Crippen LogP contribution >= 0.6 is 11.6 Å². The van der Waals surface area contributed by atoms with Crippen molar-refractivity contribution in [2.24, 2.45) is 0 Å². The van der Waals surface area contributed by atoms with Crippen LogP contribution in [-0.4, -0.2) is 17.8 Å². The molecule has 4 heteroatoms. The van der Waals surface area contributed by atoms with Crippen LogP contribution in [0.2, 0.25) is 5.02 Å². The maximum Gasteiger partial charge on any atom is 0.169 e. The number of hydrogen-bond acceptors (Lipinski definition) is 3. The predicted molar refractivity (Wildman–Crippen MR) is 73.2 cm³/mol. The summed E-state index contributed by atoms with van der Waals surface area (Å²) >= 11 is 5.93. The third-order valence-electron chi connectivity index (χ3n) is 3.02. The van der Waals surface area contributed by atoms with Gasteiger partial charge in [0.1, 0.15) is 11.9 Å². The molecule has 1 heterocycles. The average molecular weight is 277 g/mol. The molecule has 0 spiro atoms. The second-order valence-corrected chi connectivity index (χ2v) is 4.87. The lowest BCUT2D eigenvalue weighted by atomic mass is 10.1. The molecule has 0 radical (unpaired) electrons. The highest BCUT2D eigenvalue weighted by molar-refractivity contribution is 6.30. The number of aliphatic hydroxyl groups excluding tert-OH is 1. The first-order chi connectivity index (χ1) is 9.26. The Morgan fingerprint density at radius 1 is 1.26 bits per heavy atom. The number of rotatable bonds is 3. The molecule has 0 saturated heterocycles. The van der Waals surface area contributed by atoms with Gasteiger partial charge < -0.3 is 14.6 Å². The molecule has 1 atom stereocenters. The van der Waals surface area contributed by atoms with Crippen molar-refractivity contribution in [1.82, 2.24) is 0 Å². The molecule has 1 unspecified atom stereocenters. The van der Waals surface area contributed by atoms with E-state index in [2.05, 4.69) is 0 Å². The molecule has 3 nitrogen and oxygen atoms in total. The Bertz CT molecular complexity index is 598. The summed E-state index contributed by atoms with van der Waals surface area (Å²) in [6.45, 7) is 0.00524. The molecule has 0 fully saturated rings. The second-order valence-electron chi connectivity index (χ2n) is 4.43. The van der Waals surface area contributed by atoms with Crippen molar-refractivity contribution in [1.29, 1.82) is 0 Å². The normalized spacial score (nSPS) is 16.8. The standard InChI is InChI=1S/C15H13ClO3/c16-11-4-2-5-12(8-11)18-14-6-1-3-10-7-13(9-17)19-15(10)14/h1-6,8,13,17H,7,9H2. The van der Waals surface area contributed by atoms with Crippen LogP contribution in [0.4, 0.5) is 0 Å². The number of ether oxygens (including phenoxy) is 2. The van der Waals surface area contributed by atoms with E-state index < -0.39 is 0 Å². The molecule has 98 valence electrons. The van der Waals surface area contributed by atoms with E-state index >= 15 is 0 Å². The molecular weight excluding hydrogens is 264 g/mol. The average Bonchev–Trinajstić information content (AvgIpc) is 2.83. The number of aliphatic hydroxyl groups is 1. The van der Waals surface area contributed by atoms with Gasteiger partial charge in [0.15, 0.2) is 11.5 Å². The monoisotopic (exact) mass is 276 g/mol. The van der Waals surface area contributed by atoms with Crippen LogP contribution < -0.4 is 9.47 Å². The highest BCUT2D eigenvalue weighted by Gasteiger charge is 2.25. The van der Waals surface area contributed by atoms with E-state index in [1.165, 1.54) is 0 Å². The van der Waals surface area contributed by atoms with Crippen LogP contribution in [0.15, 0.2) is 42.5 Å². The van der Waals surface area contributed by atoms with Gasteiger partial charge in [0.25, 0.3) is 0 Å². The van der Waals surface area contributed by atoms with Crippen molar-refractivity contribution < 1.29 is 14.6 Å². The van der Waals surface area contributed by atoms with Crippen LogP contribution in [0.3, 0.4) is 0 Å². The fraction of sp³-hybridized carbons (Fsp3) is 0.200. The Kier molecular flexibility index (Phi) is 3.32. The summed E-state index contributed by atoms with van der Waals surface area (Å²) < 4.78 is 11.5. The van der Waals surface area contributed by atoms with E-state index in [9.17, 15) is 5.11 Å². The molecule has 1 aliphatic heterocycles. The van der Waals surface area contributed by atoms with Crippen LogP contribution in [0.1, 0.15) is 5.56 Å². The maximum absolute atomic E-state index is 9.17. The number of hydrogen-bond donors (Lipinski definition) is 1. The summed E-state index contributed by atoms with van der Waals surface area (Å²) in [5, 5.41) is 9.80. The van der Waals surface area contributed by atoms with E-state index in [4.69, 9.17) is 21.1 Å². The number of halogens is 1. The molecular formula is C15H13ClO3. The molecule has 1 N–H and O–H groups in total. The van der Waals surface area contributed by atoms with E-state index in [1.54, 1.807) is 12.1 Å². The second kappa shape index (κ2) is 5.11. The van der Waals surface area contributed by atoms with Crippen molar-refractivity contribution in [3.8, 4) is 17.2 Å². The molecule has 0 saturated carbocycles. The van der Waals surface area contributed by atoms with E-state index in [0.717, 1.165) is 5.56 Å². The van der Waals surface area contributed by atoms with Crippen molar-refractivity contribution in [2.45, 2.75) is 12.5 Å². The third-order valence-corrected chi connectivity index (χ3v) is 3.26. The van der Waals surface area contributed by atoms with Crippen LogP contribution in [-0.2, 0) is 6.42 Å². The molecule has 1 aliphatic rings. The quantitative estimate of drug-likeness (QED) is 0.933. The van der Waals surface area contributed by atoms with Gasteiger partial charge in [-0.15, -0.1) is 0 Å². The first-order valence-electron chi connectivity index (χ1n) is 6.09. The zero-order chi connectivity index (χ0) is 13.2. The Morgan fingerprint density at radius 3 is 2.89 bits per heavy atom. The van der Waals surface area contributed by atoms with E-state index in [-0.39, 0.29) is 12.7 Å². The minimum Gasteiger partial charge on any atom is -0.483 e. The third kappa shape index (κ3) is 2.53. The zero-order valence-corrected chi connectivity index (χ0v) is 10.9. The topological polar surface area (TPSA) is 38.7 Å². The molecule has 0 aliphatic carbocycles. The van der Waals surface area contributed by atoms with Gasteiger partial charge in [-0.25, -0.2) is 0 Å². The number of para-hydroxylation sites is 1. The van der Waals surface area contributed by atoms with Gasteiger partial charge in [-0.3, -0.25) is 0 Å². The molecule has 0 amide bonds. The fourth-order valence-electron chi connectivity index (χ4n) is 2.15. The molecule has 2 aromatic carbocycles. The summed E-state index contributed by atoms with van der Waals surface area (Å²) in [7, 11) is 0. The predicted octanol–water partition coefficient (Wildman–Crippen LogP) is 3.43.